The monoisotopic (exact) mass is 595 g/mol. The van der Waals surface area contributed by atoms with Gasteiger partial charge in [-0.25, -0.2) is 13.4 Å². The fourth-order valence-electron chi connectivity index (χ4n) is 5.74. The van der Waals surface area contributed by atoms with Crippen LogP contribution in [0.1, 0.15) is 50.1 Å². The summed E-state index contributed by atoms with van der Waals surface area (Å²) in [5.41, 5.74) is 2.55. The number of aromatic nitrogens is 2. The molecule has 0 unspecified atom stereocenters. The molecule has 11 heteroatoms. The molecule has 3 aliphatic rings. The molecular formula is C29H30ClN5O3S2. The number of nitriles is 1. The summed E-state index contributed by atoms with van der Waals surface area (Å²) in [7, 11) is -3.04. The SMILES string of the molecule is CS(=O)(=O)C1CN(c2ccc(-c3sc(-c4cncc(Cl)c4)nc3[C@@H]3C[C@@]3(C#N)NC(=O)C3CCCCC3)cc2)C1. The topological polar surface area (TPSA) is 116 Å². The van der Waals surface area contributed by atoms with Crippen LogP contribution in [0.5, 0.6) is 0 Å². The first-order valence-corrected chi connectivity index (χ1v) is 16.7. The largest absolute Gasteiger partial charge is 0.369 e. The highest BCUT2D eigenvalue weighted by molar-refractivity contribution is 7.91. The predicted molar refractivity (Wildman–Crippen MR) is 157 cm³/mol. The molecule has 1 saturated heterocycles. The molecule has 0 bridgehead atoms. The van der Waals surface area contributed by atoms with Crippen LogP contribution in [0.3, 0.4) is 0 Å². The average Bonchev–Trinajstić information content (AvgIpc) is 3.44. The first-order valence-electron chi connectivity index (χ1n) is 13.6. The molecule has 2 aromatic heterocycles. The summed E-state index contributed by atoms with van der Waals surface area (Å²) in [6, 6.07) is 12.2. The van der Waals surface area contributed by atoms with E-state index in [4.69, 9.17) is 16.6 Å². The van der Waals surface area contributed by atoms with Crippen LogP contribution >= 0.6 is 22.9 Å². The highest BCUT2D eigenvalue weighted by Gasteiger charge is 2.59. The Kier molecular flexibility index (Phi) is 7.09. The van der Waals surface area contributed by atoms with Gasteiger partial charge in [0.05, 0.1) is 26.9 Å². The zero-order valence-electron chi connectivity index (χ0n) is 22.1. The van der Waals surface area contributed by atoms with E-state index >= 15 is 0 Å². The Hall–Kier alpha value is -3.00. The highest BCUT2D eigenvalue weighted by Crippen LogP contribution is 2.55. The number of carbonyl (C=O) groups excluding carboxylic acids is 1. The van der Waals surface area contributed by atoms with Gasteiger partial charge in [0.25, 0.3) is 0 Å². The Morgan fingerprint density at radius 3 is 2.52 bits per heavy atom. The molecule has 2 saturated carbocycles. The first-order chi connectivity index (χ1) is 19.2. The molecule has 1 aromatic carbocycles. The molecule has 1 amide bonds. The van der Waals surface area contributed by atoms with E-state index in [-0.39, 0.29) is 23.0 Å². The summed E-state index contributed by atoms with van der Waals surface area (Å²) in [6.45, 7) is 0.979. The van der Waals surface area contributed by atoms with Crippen molar-refractivity contribution < 1.29 is 13.2 Å². The van der Waals surface area contributed by atoms with E-state index in [1.807, 2.05) is 30.3 Å². The molecule has 6 rings (SSSR count). The second-order valence-corrected chi connectivity index (χ2v) is 15.0. The minimum Gasteiger partial charge on any atom is -0.369 e. The number of benzene rings is 1. The summed E-state index contributed by atoms with van der Waals surface area (Å²) in [6.07, 6.45) is 10.1. The van der Waals surface area contributed by atoms with Crippen molar-refractivity contribution >= 4 is 44.4 Å². The molecule has 0 radical (unpaired) electrons. The maximum absolute atomic E-state index is 13.1. The van der Waals surface area contributed by atoms with E-state index in [1.165, 1.54) is 17.6 Å². The van der Waals surface area contributed by atoms with Crippen molar-refractivity contribution in [2.24, 2.45) is 5.92 Å². The van der Waals surface area contributed by atoms with Crippen molar-refractivity contribution in [2.45, 2.75) is 55.2 Å². The Balaban J connectivity index is 1.29. The molecule has 40 heavy (non-hydrogen) atoms. The minimum absolute atomic E-state index is 0.0221. The fraction of sp³-hybridized carbons (Fsp3) is 0.448. The third-order valence-electron chi connectivity index (χ3n) is 8.37. The number of sulfone groups is 1. The number of anilines is 1. The number of nitrogens with zero attached hydrogens (tertiary/aromatic N) is 4. The summed E-state index contributed by atoms with van der Waals surface area (Å²) in [5, 5.41) is 14.2. The van der Waals surface area contributed by atoms with Crippen LogP contribution in [-0.2, 0) is 14.6 Å². The van der Waals surface area contributed by atoms with Gasteiger partial charge in [-0.05, 0) is 43.0 Å². The highest BCUT2D eigenvalue weighted by atomic mass is 35.5. The van der Waals surface area contributed by atoms with Crippen LogP contribution in [-0.4, -0.2) is 54.4 Å². The van der Waals surface area contributed by atoms with Crippen molar-refractivity contribution in [3.05, 3.63) is 53.4 Å². The lowest BCUT2D eigenvalue weighted by molar-refractivity contribution is -0.126. The summed E-state index contributed by atoms with van der Waals surface area (Å²) in [5.74, 6) is -0.270. The summed E-state index contributed by atoms with van der Waals surface area (Å²) in [4.78, 5) is 25.3. The molecule has 0 spiro atoms. The van der Waals surface area contributed by atoms with Gasteiger partial charge in [0.2, 0.25) is 5.91 Å². The quantitative estimate of drug-likeness (QED) is 0.399. The normalized spacial score (nSPS) is 23.3. The standard InChI is InChI=1S/C29H30ClN5O3S2/c1-40(37,38)23-15-35(16-23)22-9-7-18(8-10-22)26-25(33-28(39-26)20-11-21(30)14-32-13-20)24-12-29(24,17-31)34-27(36)19-5-3-2-4-6-19/h7-11,13-14,19,23-24H,2-6,12,15-16H2,1H3,(H,34,36)/t24-,29-/m0/s1. The molecule has 1 N–H and O–H groups in total. The molecule has 2 aliphatic carbocycles. The van der Waals surface area contributed by atoms with E-state index in [2.05, 4.69) is 21.3 Å². The van der Waals surface area contributed by atoms with E-state index in [0.717, 1.165) is 64.5 Å². The van der Waals surface area contributed by atoms with Crippen LogP contribution < -0.4 is 10.2 Å². The van der Waals surface area contributed by atoms with Gasteiger partial charge in [0.1, 0.15) is 10.5 Å². The number of carbonyl (C=O) groups is 1. The fourth-order valence-corrected chi connectivity index (χ4v) is 7.93. The van der Waals surface area contributed by atoms with Crippen LogP contribution in [0.25, 0.3) is 21.0 Å². The number of hydrogen-bond acceptors (Lipinski definition) is 8. The average molecular weight is 596 g/mol. The van der Waals surface area contributed by atoms with Gasteiger partial charge in [-0.1, -0.05) is 43.0 Å². The van der Waals surface area contributed by atoms with Gasteiger partial charge in [-0.2, -0.15) is 5.26 Å². The molecule has 2 atom stereocenters. The Morgan fingerprint density at radius 1 is 1.15 bits per heavy atom. The van der Waals surface area contributed by atoms with Crippen LogP contribution in [0.4, 0.5) is 5.69 Å². The van der Waals surface area contributed by atoms with E-state index < -0.39 is 15.4 Å². The van der Waals surface area contributed by atoms with E-state index in [9.17, 15) is 18.5 Å². The van der Waals surface area contributed by atoms with Gasteiger partial charge in [-0.15, -0.1) is 11.3 Å². The van der Waals surface area contributed by atoms with Gasteiger partial charge in [0.15, 0.2) is 9.84 Å². The zero-order valence-corrected chi connectivity index (χ0v) is 24.5. The number of thiazole rings is 1. The lowest BCUT2D eigenvalue weighted by atomic mass is 9.88. The van der Waals surface area contributed by atoms with Crippen LogP contribution in [0.15, 0.2) is 42.7 Å². The number of halogens is 1. The third-order valence-corrected chi connectivity index (χ3v) is 11.3. The van der Waals surface area contributed by atoms with Crippen molar-refractivity contribution in [1.29, 1.82) is 5.26 Å². The Bertz CT molecular complexity index is 1590. The van der Waals surface area contributed by atoms with Crippen molar-refractivity contribution in [1.82, 2.24) is 15.3 Å². The molecule has 3 heterocycles. The van der Waals surface area contributed by atoms with Crippen LogP contribution in [0.2, 0.25) is 5.02 Å². The number of rotatable bonds is 7. The number of amides is 1. The number of hydrogen-bond donors (Lipinski definition) is 1. The van der Waals surface area contributed by atoms with Gasteiger partial charge in [-0.3, -0.25) is 9.78 Å². The lowest BCUT2D eigenvalue weighted by Gasteiger charge is -2.39. The van der Waals surface area contributed by atoms with Gasteiger partial charge < -0.3 is 10.2 Å². The van der Waals surface area contributed by atoms with Crippen LogP contribution in [0, 0.1) is 17.2 Å². The molecule has 8 nitrogen and oxygen atoms in total. The maximum atomic E-state index is 13.1. The predicted octanol–water partition coefficient (Wildman–Crippen LogP) is 5.20. The van der Waals surface area contributed by atoms with Gasteiger partial charge >= 0.3 is 0 Å². The minimum atomic E-state index is -3.04. The summed E-state index contributed by atoms with van der Waals surface area (Å²) >= 11 is 7.73. The van der Waals surface area contributed by atoms with E-state index in [1.54, 1.807) is 12.4 Å². The maximum Gasteiger partial charge on any atom is 0.224 e. The zero-order chi connectivity index (χ0) is 28.1. The number of nitrogens with one attached hydrogen (secondary N) is 1. The van der Waals surface area contributed by atoms with Gasteiger partial charge in [0, 0.05) is 54.8 Å². The Labute approximate surface area is 243 Å². The lowest BCUT2D eigenvalue weighted by Crippen LogP contribution is -2.54. The second kappa shape index (κ2) is 10.4. The number of pyridine rings is 1. The molecule has 3 aromatic rings. The molecular weight excluding hydrogens is 566 g/mol. The van der Waals surface area contributed by atoms with Crippen molar-refractivity contribution in [2.75, 3.05) is 24.2 Å². The van der Waals surface area contributed by atoms with Crippen molar-refractivity contribution in [3.63, 3.8) is 0 Å². The summed E-state index contributed by atoms with van der Waals surface area (Å²) < 4.78 is 23.6. The second-order valence-electron chi connectivity index (χ2n) is 11.2. The molecule has 1 aliphatic heterocycles. The molecule has 208 valence electrons. The Morgan fingerprint density at radius 2 is 1.88 bits per heavy atom. The van der Waals surface area contributed by atoms with E-state index in [0.29, 0.717) is 24.5 Å². The first kappa shape index (κ1) is 27.2. The smallest absolute Gasteiger partial charge is 0.224 e. The van der Waals surface area contributed by atoms with Crippen molar-refractivity contribution in [3.8, 4) is 27.1 Å². The third kappa shape index (κ3) is 5.22. The molecule has 3 fully saturated rings.